The van der Waals surface area contributed by atoms with Gasteiger partial charge >= 0.3 is 0 Å². The van der Waals surface area contributed by atoms with Crippen LogP contribution in [0.5, 0.6) is 0 Å². The van der Waals surface area contributed by atoms with Crippen molar-refractivity contribution in [3.8, 4) is 0 Å². The van der Waals surface area contributed by atoms with Crippen molar-refractivity contribution in [1.82, 2.24) is 4.31 Å². The van der Waals surface area contributed by atoms with Crippen LogP contribution in [0.4, 0.5) is 10.1 Å². The van der Waals surface area contributed by atoms with E-state index in [1.54, 1.807) is 6.92 Å². The van der Waals surface area contributed by atoms with Crippen LogP contribution in [-0.4, -0.2) is 32.7 Å². The molecular weight excluding hydrogens is 355 g/mol. The highest BCUT2D eigenvalue weighted by atomic mass is 35.5. The lowest BCUT2D eigenvalue weighted by molar-refractivity contribution is 0.102. The minimum absolute atomic E-state index is 0.0109. The Bertz CT molecular complexity index is 898. The van der Waals surface area contributed by atoms with Gasteiger partial charge < -0.3 is 5.32 Å². The number of hydrogen-bond donors (Lipinski definition) is 1. The predicted octanol–water partition coefficient (Wildman–Crippen LogP) is 3.29. The molecule has 2 rings (SSSR count). The zero-order valence-corrected chi connectivity index (χ0v) is 14.9. The summed E-state index contributed by atoms with van der Waals surface area (Å²) >= 11 is 6.01. The van der Waals surface area contributed by atoms with Gasteiger partial charge in [-0.3, -0.25) is 4.79 Å². The standard InChI is InChI=1S/C16H16ClFN2O3S/c1-10-4-5-11(18)8-15(10)19-16(21)13-9-12(6-7-14(13)17)24(22,23)20(2)3/h4-9H,1-3H3,(H,19,21). The summed E-state index contributed by atoms with van der Waals surface area (Å²) in [6.45, 7) is 1.71. The Kier molecular flexibility index (Phi) is 5.27. The van der Waals surface area contributed by atoms with Gasteiger partial charge in [0.25, 0.3) is 5.91 Å². The van der Waals surface area contributed by atoms with Crippen molar-refractivity contribution < 1.29 is 17.6 Å². The topological polar surface area (TPSA) is 66.5 Å². The minimum Gasteiger partial charge on any atom is -0.322 e. The molecule has 0 atom stereocenters. The number of carbonyl (C=O) groups excluding carboxylic acids is 1. The quantitative estimate of drug-likeness (QED) is 0.898. The molecule has 5 nitrogen and oxygen atoms in total. The van der Waals surface area contributed by atoms with Gasteiger partial charge in [0.2, 0.25) is 10.0 Å². The number of halogens is 2. The molecule has 1 amide bonds. The molecule has 0 spiro atoms. The number of amides is 1. The Balaban J connectivity index is 2.41. The van der Waals surface area contributed by atoms with Crippen LogP contribution in [0.2, 0.25) is 5.02 Å². The number of aryl methyl sites for hydroxylation is 1. The molecule has 128 valence electrons. The molecule has 0 aromatic heterocycles. The van der Waals surface area contributed by atoms with Gasteiger partial charge in [0.05, 0.1) is 15.5 Å². The molecule has 0 saturated heterocycles. The van der Waals surface area contributed by atoms with E-state index in [0.29, 0.717) is 5.56 Å². The molecule has 0 aliphatic heterocycles. The largest absolute Gasteiger partial charge is 0.322 e. The van der Waals surface area contributed by atoms with Gasteiger partial charge in [0, 0.05) is 19.8 Å². The van der Waals surface area contributed by atoms with Crippen LogP contribution in [0, 0.1) is 12.7 Å². The Labute approximate surface area is 145 Å². The number of nitrogens with zero attached hydrogens (tertiary/aromatic N) is 1. The van der Waals surface area contributed by atoms with E-state index in [0.717, 1.165) is 4.31 Å². The van der Waals surface area contributed by atoms with Crippen molar-refractivity contribution in [1.29, 1.82) is 0 Å². The zero-order chi connectivity index (χ0) is 18.1. The molecule has 0 unspecified atom stereocenters. The number of hydrogen-bond acceptors (Lipinski definition) is 3. The molecule has 0 bridgehead atoms. The molecule has 1 N–H and O–H groups in total. The second-order valence-corrected chi connectivity index (χ2v) is 7.90. The summed E-state index contributed by atoms with van der Waals surface area (Å²) < 4.78 is 38.7. The Hall–Kier alpha value is -1.96. The summed E-state index contributed by atoms with van der Waals surface area (Å²) in [6.07, 6.45) is 0. The van der Waals surface area contributed by atoms with Crippen LogP contribution in [0.1, 0.15) is 15.9 Å². The van der Waals surface area contributed by atoms with E-state index in [-0.39, 0.29) is 21.2 Å². The van der Waals surface area contributed by atoms with E-state index < -0.39 is 21.7 Å². The molecule has 0 saturated carbocycles. The number of anilines is 1. The summed E-state index contributed by atoms with van der Waals surface area (Å²) in [7, 11) is -0.925. The molecule has 0 fully saturated rings. The lowest BCUT2D eigenvalue weighted by Crippen LogP contribution is -2.23. The fourth-order valence-electron chi connectivity index (χ4n) is 1.97. The zero-order valence-electron chi connectivity index (χ0n) is 13.3. The number of carbonyl (C=O) groups is 1. The maximum absolute atomic E-state index is 13.3. The van der Waals surface area contributed by atoms with Crippen LogP contribution in [-0.2, 0) is 10.0 Å². The third kappa shape index (κ3) is 3.75. The van der Waals surface area contributed by atoms with Gasteiger partial charge in [-0.2, -0.15) is 0 Å². The minimum atomic E-state index is -3.70. The van der Waals surface area contributed by atoms with Gasteiger partial charge in [-0.25, -0.2) is 17.1 Å². The third-order valence-corrected chi connectivity index (χ3v) is 5.55. The van der Waals surface area contributed by atoms with Gasteiger partial charge in [0.1, 0.15) is 5.82 Å². The first kappa shape index (κ1) is 18.4. The Morgan fingerprint density at radius 2 is 1.83 bits per heavy atom. The average molecular weight is 371 g/mol. The molecule has 24 heavy (non-hydrogen) atoms. The average Bonchev–Trinajstić information content (AvgIpc) is 2.50. The molecule has 0 radical (unpaired) electrons. The number of benzene rings is 2. The molecule has 0 heterocycles. The second kappa shape index (κ2) is 6.88. The fraction of sp³-hybridized carbons (Fsp3) is 0.188. The van der Waals surface area contributed by atoms with Gasteiger partial charge in [0.15, 0.2) is 0 Å². The lowest BCUT2D eigenvalue weighted by Gasteiger charge is -2.14. The monoisotopic (exact) mass is 370 g/mol. The SMILES string of the molecule is Cc1ccc(F)cc1NC(=O)c1cc(S(=O)(=O)N(C)C)ccc1Cl. The first-order valence-corrected chi connectivity index (χ1v) is 8.74. The lowest BCUT2D eigenvalue weighted by atomic mass is 10.1. The van der Waals surface area contributed by atoms with Crippen LogP contribution < -0.4 is 5.32 Å². The summed E-state index contributed by atoms with van der Waals surface area (Å²) in [6, 6.07) is 7.85. The maximum Gasteiger partial charge on any atom is 0.257 e. The normalized spacial score (nSPS) is 11.6. The summed E-state index contributed by atoms with van der Waals surface area (Å²) in [5.41, 5.74) is 0.943. The predicted molar refractivity (Wildman–Crippen MR) is 91.4 cm³/mol. The van der Waals surface area contributed by atoms with Gasteiger partial charge in [-0.15, -0.1) is 0 Å². The first-order valence-electron chi connectivity index (χ1n) is 6.92. The van der Waals surface area contributed by atoms with E-state index in [1.807, 2.05) is 0 Å². The van der Waals surface area contributed by atoms with E-state index in [2.05, 4.69) is 5.32 Å². The van der Waals surface area contributed by atoms with E-state index in [4.69, 9.17) is 11.6 Å². The molecular formula is C16H16ClFN2O3S. The fourth-order valence-corrected chi connectivity index (χ4v) is 3.10. The van der Waals surface area contributed by atoms with E-state index in [9.17, 15) is 17.6 Å². The number of nitrogens with one attached hydrogen (secondary N) is 1. The highest BCUT2D eigenvalue weighted by Gasteiger charge is 2.21. The van der Waals surface area contributed by atoms with Gasteiger partial charge in [-0.05, 0) is 42.8 Å². The van der Waals surface area contributed by atoms with Crippen molar-refractivity contribution in [3.63, 3.8) is 0 Å². The Morgan fingerprint density at radius 1 is 1.17 bits per heavy atom. The van der Waals surface area contributed by atoms with Crippen molar-refractivity contribution in [2.45, 2.75) is 11.8 Å². The first-order chi connectivity index (χ1) is 11.1. The highest BCUT2D eigenvalue weighted by molar-refractivity contribution is 7.89. The van der Waals surface area contributed by atoms with Gasteiger partial charge in [-0.1, -0.05) is 17.7 Å². The smallest absolute Gasteiger partial charge is 0.257 e. The van der Waals surface area contributed by atoms with E-state index >= 15 is 0 Å². The van der Waals surface area contributed by atoms with Crippen LogP contribution in [0.3, 0.4) is 0 Å². The molecule has 0 aliphatic rings. The van der Waals surface area contributed by atoms with Crippen LogP contribution in [0.25, 0.3) is 0 Å². The van der Waals surface area contributed by atoms with Crippen molar-refractivity contribution in [2.24, 2.45) is 0 Å². The second-order valence-electron chi connectivity index (χ2n) is 5.34. The highest BCUT2D eigenvalue weighted by Crippen LogP contribution is 2.24. The van der Waals surface area contributed by atoms with Crippen LogP contribution in [0.15, 0.2) is 41.3 Å². The number of sulfonamides is 1. The van der Waals surface area contributed by atoms with Crippen molar-refractivity contribution >= 4 is 33.2 Å². The van der Waals surface area contributed by atoms with Crippen molar-refractivity contribution in [3.05, 3.63) is 58.4 Å². The number of rotatable bonds is 4. The molecule has 0 aliphatic carbocycles. The Morgan fingerprint density at radius 3 is 2.46 bits per heavy atom. The van der Waals surface area contributed by atoms with E-state index in [1.165, 1.54) is 50.5 Å². The summed E-state index contributed by atoms with van der Waals surface area (Å²) in [5, 5.41) is 2.64. The maximum atomic E-state index is 13.3. The molecule has 8 heteroatoms. The van der Waals surface area contributed by atoms with Crippen molar-refractivity contribution in [2.75, 3.05) is 19.4 Å². The molecule has 2 aromatic carbocycles. The third-order valence-electron chi connectivity index (χ3n) is 3.41. The molecule has 2 aromatic rings. The summed E-state index contributed by atoms with van der Waals surface area (Å²) in [4.78, 5) is 12.4. The summed E-state index contributed by atoms with van der Waals surface area (Å²) in [5.74, 6) is -1.12. The van der Waals surface area contributed by atoms with Crippen LogP contribution >= 0.6 is 11.6 Å².